The highest BCUT2D eigenvalue weighted by molar-refractivity contribution is 8.01. The van der Waals surface area contributed by atoms with Crippen LogP contribution in [0.15, 0.2) is 10.7 Å². The number of thioether (sulfide) groups is 1. The molecule has 0 amide bonds. The van der Waals surface area contributed by atoms with Crippen LogP contribution in [0.25, 0.3) is 0 Å². The third kappa shape index (κ3) is 2.30. The molecule has 80 valence electrons. The molecule has 0 aliphatic heterocycles. The maximum Gasteiger partial charge on any atom is 0.170 e. The van der Waals surface area contributed by atoms with E-state index in [2.05, 4.69) is 20.7 Å². The van der Waals surface area contributed by atoms with Crippen LogP contribution in [0.3, 0.4) is 0 Å². The van der Waals surface area contributed by atoms with Gasteiger partial charge in [0.25, 0.3) is 0 Å². The summed E-state index contributed by atoms with van der Waals surface area (Å²) in [6, 6.07) is 2.38. The van der Waals surface area contributed by atoms with Gasteiger partial charge in [-0.2, -0.15) is 9.64 Å². The Morgan fingerprint density at radius 2 is 2.67 bits per heavy atom. The molecule has 0 spiro atoms. The van der Waals surface area contributed by atoms with E-state index < -0.39 is 0 Å². The lowest BCUT2D eigenvalue weighted by Gasteiger charge is -2.19. The van der Waals surface area contributed by atoms with Gasteiger partial charge in [-0.1, -0.05) is 11.8 Å². The van der Waals surface area contributed by atoms with Crippen LogP contribution >= 0.6 is 23.3 Å². The van der Waals surface area contributed by atoms with Crippen LogP contribution in [0.2, 0.25) is 0 Å². The summed E-state index contributed by atoms with van der Waals surface area (Å²) in [4.78, 5) is 4.15. The van der Waals surface area contributed by atoms with Gasteiger partial charge in [0.2, 0.25) is 0 Å². The summed E-state index contributed by atoms with van der Waals surface area (Å²) >= 11 is 3.17. The summed E-state index contributed by atoms with van der Waals surface area (Å²) < 4.78 is 4.97. The first kappa shape index (κ1) is 10.9. The van der Waals surface area contributed by atoms with Crippen LogP contribution in [0.4, 0.5) is 0 Å². The average Bonchev–Trinajstić information content (AvgIpc) is 2.89. The van der Waals surface area contributed by atoms with E-state index in [9.17, 15) is 0 Å². The van der Waals surface area contributed by atoms with Crippen LogP contribution in [0, 0.1) is 11.3 Å². The zero-order valence-corrected chi connectivity index (χ0v) is 10.1. The molecule has 4 nitrogen and oxygen atoms in total. The normalized spacial score (nSPS) is 30.3. The van der Waals surface area contributed by atoms with Crippen LogP contribution < -0.4 is 5.32 Å². The van der Waals surface area contributed by atoms with Crippen molar-refractivity contribution in [1.82, 2.24) is 14.7 Å². The standard InChI is InChI=1S/C9H12N4S2/c1-11-9(5-10)3-2-7(4-9)14-8-12-6-13-15-8/h6-7,11H,2-4H2,1H3. The van der Waals surface area contributed by atoms with E-state index in [-0.39, 0.29) is 5.54 Å². The number of nitrogens with zero attached hydrogens (tertiary/aromatic N) is 3. The summed E-state index contributed by atoms with van der Waals surface area (Å²) in [5.74, 6) is 0. The molecular formula is C9H12N4S2. The molecule has 2 rings (SSSR count). The topological polar surface area (TPSA) is 61.6 Å². The highest BCUT2D eigenvalue weighted by Crippen LogP contribution is 2.39. The van der Waals surface area contributed by atoms with Gasteiger partial charge in [0.1, 0.15) is 11.9 Å². The third-order valence-corrected chi connectivity index (χ3v) is 4.79. The fourth-order valence-electron chi connectivity index (χ4n) is 1.84. The van der Waals surface area contributed by atoms with Gasteiger partial charge in [0.15, 0.2) is 4.34 Å². The van der Waals surface area contributed by atoms with Crippen molar-refractivity contribution in [3.63, 3.8) is 0 Å². The molecule has 1 aromatic heterocycles. The minimum absolute atomic E-state index is 0.317. The van der Waals surface area contributed by atoms with Crippen molar-refractivity contribution in [2.75, 3.05) is 7.05 Å². The molecule has 0 aromatic carbocycles. The summed E-state index contributed by atoms with van der Waals surface area (Å²) in [5.41, 5.74) is -0.317. The summed E-state index contributed by atoms with van der Waals surface area (Å²) in [7, 11) is 1.86. The maximum atomic E-state index is 9.11. The van der Waals surface area contributed by atoms with Crippen LogP contribution in [-0.2, 0) is 0 Å². The second-order valence-corrected chi connectivity index (χ2v) is 5.96. The van der Waals surface area contributed by atoms with Gasteiger partial charge >= 0.3 is 0 Å². The van der Waals surface area contributed by atoms with Crippen molar-refractivity contribution in [1.29, 1.82) is 5.26 Å². The Hall–Kier alpha value is -0.640. The lowest BCUT2D eigenvalue weighted by atomic mass is 10.0. The predicted octanol–water partition coefficient (Wildman–Crippen LogP) is 1.66. The monoisotopic (exact) mass is 240 g/mol. The molecule has 1 aromatic rings. The van der Waals surface area contributed by atoms with E-state index in [0.717, 1.165) is 23.6 Å². The lowest BCUT2D eigenvalue weighted by Crippen LogP contribution is -2.38. The molecule has 0 bridgehead atoms. The largest absolute Gasteiger partial charge is 0.302 e. The molecule has 1 saturated carbocycles. The Morgan fingerprint density at radius 3 is 3.20 bits per heavy atom. The zero-order valence-electron chi connectivity index (χ0n) is 8.43. The number of aromatic nitrogens is 2. The highest BCUT2D eigenvalue weighted by Gasteiger charge is 2.38. The van der Waals surface area contributed by atoms with E-state index in [1.54, 1.807) is 18.1 Å². The minimum atomic E-state index is -0.317. The van der Waals surface area contributed by atoms with Crippen molar-refractivity contribution in [2.45, 2.75) is 34.4 Å². The van der Waals surface area contributed by atoms with Crippen molar-refractivity contribution in [3.8, 4) is 6.07 Å². The van der Waals surface area contributed by atoms with Gasteiger partial charge in [0.05, 0.1) is 6.07 Å². The number of hydrogen-bond acceptors (Lipinski definition) is 6. The molecule has 1 heterocycles. The van der Waals surface area contributed by atoms with Crippen molar-refractivity contribution in [2.24, 2.45) is 0 Å². The Balaban J connectivity index is 1.96. The average molecular weight is 240 g/mol. The molecule has 1 aliphatic carbocycles. The molecule has 2 atom stereocenters. The molecule has 6 heteroatoms. The van der Waals surface area contributed by atoms with E-state index in [1.807, 2.05) is 7.05 Å². The number of rotatable bonds is 3. The quantitative estimate of drug-likeness (QED) is 0.870. The fraction of sp³-hybridized carbons (Fsp3) is 0.667. The molecule has 15 heavy (non-hydrogen) atoms. The van der Waals surface area contributed by atoms with Gasteiger partial charge in [-0.05, 0) is 37.8 Å². The summed E-state index contributed by atoms with van der Waals surface area (Å²) in [6.45, 7) is 0. The number of hydrogen-bond donors (Lipinski definition) is 1. The molecule has 1 aliphatic rings. The zero-order chi connectivity index (χ0) is 10.7. The van der Waals surface area contributed by atoms with Gasteiger partial charge < -0.3 is 5.32 Å². The first-order chi connectivity index (χ1) is 7.28. The second kappa shape index (κ2) is 4.47. The molecule has 0 saturated heterocycles. The number of nitrogens with one attached hydrogen (secondary N) is 1. The molecule has 2 unspecified atom stereocenters. The van der Waals surface area contributed by atoms with Crippen molar-refractivity contribution < 1.29 is 0 Å². The highest BCUT2D eigenvalue weighted by atomic mass is 32.2. The van der Waals surface area contributed by atoms with Crippen LogP contribution in [0.1, 0.15) is 19.3 Å². The SMILES string of the molecule is CNC1(C#N)CCC(Sc2ncns2)C1. The number of nitriles is 1. The van der Waals surface area contributed by atoms with Crippen LogP contribution in [-0.4, -0.2) is 27.2 Å². The Kier molecular flexibility index (Phi) is 3.24. The first-order valence-electron chi connectivity index (χ1n) is 4.81. The maximum absolute atomic E-state index is 9.11. The molecule has 0 radical (unpaired) electrons. The Labute approximate surface area is 97.3 Å². The van der Waals surface area contributed by atoms with E-state index in [4.69, 9.17) is 5.26 Å². The van der Waals surface area contributed by atoms with Crippen molar-refractivity contribution >= 4 is 23.3 Å². The van der Waals surface area contributed by atoms with Gasteiger partial charge in [-0.3, -0.25) is 0 Å². The minimum Gasteiger partial charge on any atom is -0.302 e. The Bertz CT molecular complexity index is 359. The van der Waals surface area contributed by atoms with Gasteiger partial charge in [-0.25, -0.2) is 4.98 Å². The lowest BCUT2D eigenvalue weighted by molar-refractivity contribution is 0.464. The second-order valence-electron chi connectivity index (χ2n) is 3.63. The van der Waals surface area contributed by atoms with Crippen molar-refractivity contribution in [3.05, 3.63) is 6.33 Å². The van der Waals surface area contributed by atoms with E-state index in [1.165, 1.54) is 11.5 Å². The molecule has 1 N–H and O–H groups in total. The van der Waals surface area contributed by atoms with E-state index >= 15 is 0 Å². The summed E-state index contributed by atoms with van der Waals surface area (Å²) in [6.07, 6.45) is 4.47. The predicted molar refractivity (Wildman–Crippen MR) is 60.8 cm³/mol. The third-order valence-electron chi connectivity index (χ3n) is 2.77. The van der Waals surface area contributed by atoms with Crippen LogP contribution in [0.5, 0.6) is 0 Å². The van der Waals surface area contributed by atoms with Gasteiger partial charge in [-0.15, -0.1) is 0 Å². The Morgan fingerprint density at radius 1 is 1.80 bits per heavy atom. The molecular weight excluding hydrogens is 228 g/mol. The summed E-state index contributed by atoms with van der Waals surface area (Å²) in [5, 5.41) is 12.7. The fourth-order valence-corrected chi connectivity index (χ4v) is 3.83. The van der Waals surface area contributed by atoms with E-state index in [0.29, 0.717) is 5.25 Å². The molecule has 1 fully saturated rings. The van der Waals surface area contributed by atoms with Gasteiger partial charge in [0, 0.05) is 5.25 Å². The smallest absolute Gasteiger partial charge is 0.170 e. The first-order valence-corrected chi connectivity index (χ1v) is 6.47.